The van der Waals surface area contributed by atoms with Crippen LogP contribution in [0.3, 0.4) is 0 Å². The summed E-state index contributed by atoms with van der Waals surface area (Å²) < 4.78 is 31.2. The zero-order valence-electron chi connectivity index (χ0n) is 20.5. The van der Waals surface area contributed by atoms with E-state index in [1.54, 1.807) is 43.4 Å². The van der Waals surface area contributed by atoms with Gasteiger partial charge in [0.15, 0.2) is 5.13 Å². The number of pyridine rings is 1. The number of nitrogens with zero attached hydrogens (tertiary/aromatic N) is 5. The average molecular weight is 549 g/mol. The molecule has 3 N–H and O–H groups in total. The number of likely N-dealkylation sites (tertiary alicyclic amines) is 1. The number of thiazole rings is 1. The van der Waals surface area contributed by atoms with Crippen molar-refractivity contribution in [1.82, 2.24) is 14.9 Å². The molecule has 1 aliphatic heterocycles. The maximum atomic E-state index is 13.4. The molecule has 0 spiro atoms. The number of thiol groups is 1. The Hall–Kier alpha value is -3.65. The number of fused-ring (bicyclic) bond motifs is 1. The van der Waals surface area contributed by atoms with Crippen LogP contribution in [0.1, 0.15) is 18.9 Å². The number of carboxylic acids is 1. The fraction of sp³-hybridized carbons (Fsp3) is 0.391. The van der Waals surface area contributed by atoms with Gasteiger partial charge < -0.3 is 25.4 Å². The number of ether oxygens (including phenoxy) is 1. The minimum absolute atomic E-state index is 0.0316. The first-order chi connectivity index (χ1) is 17.6. The third-order valence-electron chi connectivity index (χ3n) is 6.12. The lowest BCUT2D eigenvalue weighted by Crippen LogP contribution is -2.48. The minimum atomic E-state index is -3.17. The predicted octanol–water partition coefficient (Wildman–Crippen LogP) is 1.37. The Labute approximate surface area is 219 Å². The molecule has 37 heavy (non-hydrogen) atoms. The Bertz CT molecular complexity index is 1400. The molecule has 1 aromatic carbocycles. The number of nitrogen functional groups attached to an aromatic ring is 1. The van der Waals surface area contributed by atoms with Gasteiger partial charge in [-0.05, 0) is 42.5 Å². The summed E-state index contributed by atoms with van der Waals surface area (Å²) in [6, 6.07) is 3.00. The summed E-state index contributed by atoms with van der Waals surface area (Å²) in [6.07, 6.45) is 3.08. The van der Waals surface area contributed by atoms with Gasteiger partial charge >= 0.3 is 5.97 Å². The molecule has 0 aliphatic carbocycles. The standard InChI is InChI=1S/C23H28N6O6S2/c1-4-35-18-11-15-13(5-7-25-20(15)24)9-14(18)10-17(22(31)32)28-8-6-16(21(28)30)29(37(33)34)19-12-26-23(36-19)27(2)3/h5,7,9,11-12,16-17,37H,4,6,8,10H2,1-3H3,(H2,24,25)(H,31,32)/t16-,17+/m0/s1. The number of rotatable bonds is 10. The van der Waals surface area contributed by atoms with Crippen molar-refractivity contribution in [2.24, 2.45) is 0 Å². The second-order valence-corrected chi connectivity index (χ2v) is 10.6. The molecule has 1 amide bonds. The van der Waals surface area contributed by atoms with Crippen LogP contribution in [0.5, 0.6) is 5.75 Å². The Morgan fingerprint density at radius 3 is 2.73 bits per heavy atom. The van der Waals surface area contributed by atoms with Crippen molar-refractivity contribution in [3.63, 3.8) is 0 Å². The van der Waals surface area contributed by atoms with E-state index in [-0.39, 0.29) is 19.4 Å². The summed E-state index contributed by atoms with van der Waals surface area (Å²) in [6.45, 7) is 2.24. The highest BCUT2D eigenvalue weighted by molar-refractivity contribution is 7.74. The summed E-state index contributed by atoms with van der Waals surface area (Å²) in [5.74, 6) is -0.992. The predicted molar refractivity (Wildman–Crippen MR) is 142 cm³/mol. The number of carboxylic acid groups (broad SMARTS) is 1. The van der Waals surface area contributed by atoms with Crippen LogP contribution in [0, 0.1) is 0 Å². The lowest BCUT2D eigenvalue weighted by atomic mass is 10.00. The molecule has 3 heterocycles. The van der Waals surface area contributed by atoms with E-state index >= 15 is 0 Å². The molecule has 1 aliphatic rings. The van der Waals surface area contributed by atoms with Crippen molar-refractivity contribution in [2.75, 3.05) is 42.2 Å². The number of benzene rings is 1. The van der Waals surface area contributed by atoms with E-state index in [1.165, 1.54) is 11.1 Å². The molecule has 0 saturated carbocycles. The fourth-order valence-electron chi connectivity index (χ4n) is 4.40. The molecule has 12 nitrogen and oxygen atoms in total. The number of nitrogens with two attached hydrogens (primary N) is 1. The Kier molecular flexibility index (Phi) is 7.68. The zero-order valence-corrected chi connectivity index (χ0v) is 22.2. The van der Waals surface area contributed by atoms with Crippen LogP contribution in [0.15, 0.2) is 30.6 Å². The van der Waals surface area contributed by atoms with Crippen LogP contribution in [0.25, 0.3) is 10.8 Å². The Morgan fingerprint density at radius 1 is 1.35 bits per heavy atom. The van der Waals surface area contributed by atoms with Gasteiger partial charge in [-0.15, -0.1) is 0 Å². The third-order valence-corrected chi connectivity index (χ3v) is 8.27. The van der Waals surface area contributed by atoms with E-state index in [2.05, 4.69) is 9.97 Å². The van der Waals surface area contributed by atoms with Crippen LogP contribution in [-0.4, -0.2) is 79.6 Å². The molecule has 1 saturated heterocycles. The highest BCUT2D eigenvalue weighted by Gasteiger charge is 2.43. The monoisotopic (exact) mass is 548 g/mol. The topological polar surface area (TPSA) is 159 Å². The summed E-state index contributed by atoms with van der Waals surface area (Å²) in [5.41, 5.74) is 6.59. The molecule has 0 unspecified atom stereocenters. The molecular formula is C23H28N6O6S2. The van der Waals surface area contributed by atoms with Gasteiger partial charge in [0.1, 0.15) is 28.7 Å². The van der Waals surface area contributed by atoms with Gasteiger partial charge in [-0.25, -0.2) is 27.5 Å². The van der Waals surface area contributed by atoms with E-state index in [0.29, 0.717) is 39.3 Å². The van der Waals surface area contributed by atoms with Gasteiger partial charge in [0, 0.05) is 38.6 Å². The first-order valence-corrected chi connectivity index (χ1v) is 13.5. The van der Waals surface area contributed by atoms with E-state index in [0.717, 1.165) is 21.0 Å². The summed E-state index contributed by atoms with van der Waals surface area (Å²) in [5, 5.41) is 12.4. The number of carbonyl (C=O) groups excluding carboxylic acids is 1. The lowest BCUT2D eigenvalue weighted by Gasteiger charge is -2.27. The van der Waals surface area contributed by atoms with Crippen molar-refractivity contribution in [3.8, 4) is 5.75 Å². The maximum Gasteiger partial charge on any atom is 0.326 e. The number of aliphatic carboxylic acids is 1. The van der Waals surface area contributed by atoms with Crippen LogP contribution in [0.2, 0.25) is 0 Å². The van der Waals surface area contributed by atoms with Crippen LogP contribution < -0.4 is 19.7 Å². The molecule has 0 bridgehead atoms. The number of anilines is 3. The summed E-state index contributed by atoms with van der Waals surface area (Å²) in [4.78, 5) is 37.1. The second kappa shape index (κ2) is 10.8. The van der Waals surface area contributed by atoms with Gasteiger partial charge in [-0.2, -0.15) is 0 Å². The van der Waals surface area contributed by atoms with Crippen molar-refractivity contribution < 1.29 is 27.9 Å². The SMILES string of the molecule is CCOc1cc2c(N)nccc2cc1C[C@H](C(=O)O)N1CC[C@H](N(c2cnc(N(C)C)s2)[SH](=O)=O)C1=O. The largest absolute Gasteiger partial charge is 0.494 e. The number of hydrogen-bond donors (Lipinski definition) is 3. The van der Waals surface area contributed by atoms with Crippen molar-refractivity contribution in [2.45, 2.75) is 31.8 Å². The number of carbonyl (C=O) groups is 2. The molecule has 14 heteroatoms. The maximum absolute atomic E-state index is 13.4. The van der Waals surface area contributed by atoms with Crippen LogP contribution in [-0.2, 0) is 26.9 Å². The molecule has 0 radical (unpaired) electrons. The van der Waals surface area contributed by atoms with Crippen LogP contribution >= 0.6 is 11.3 Å². The number of amides is 1. The summed E-state index contributed by atoms with van der Waals surface area (Å²) >= 11 is 1.13. The summed E-state index contributed by atoms with van der Waals surface area (Å²) in [7, 11) is 0.386. The van der Waals surface area contributed by atoms with Gasteiger partial charge in [0.05, 0.1) is 12.8 Å². The zero-order chi connectivity index (χ0) is 26.9. The molecule has 3 aromatic rings. The lowest BCUT2D eigenvalue weighted by molar-refractivity contribution is -0.148. The molecule has 4 rings (SSSR count). The Balaban J connectivity index is 1.65. The molecule has 2 atom stereocenters. The van der Waals surface area contributed by atoms with Gasteiger partial charge in [-0.3, -0.25) is 4.79 Å². The normalized spacial score (nSPS) is 16.4. The smallest absolute Gasteiger partial charge is 0.326 e. The van der Waals surface area contributed by atoms with Gasteiger partial charge in [0.25, 0.3) is 0 Å². The van der Waals surface area contributed by atoms with E-state index < -0.39 is 34.9 Å². The minimum Gasteiger partial charge on any atom is -0.494 e. The van der Waals surface area contributed by atoms with E-state index in [1.807, 2.05) is 6.92 Å². The number of hydrogen-bond acceptors (Lipinski definition) is 10. The molecule has 198 valence electrons. The first-order valence-electron chi connectivity index (χ1n) is 11.5. The second-order valence-electron chi connectivity index (χ2n) is 8.66. The highest BCUT2D eigenvalue weighted by Crippen LogP contribution is 2.34. The van der Waals surface area contributed by atoms with Crippen molar-refractivity contribution in [3.05, 3.63) is 36.2 Å². The van der Waals surface area contributed by atoms with Gasteiger partial charge in [0.2, 0.25) is 16.8 Å². The third kappa shape index (κ3) is 5.25. The Morgan fingerprint density at radius 2 is 2.11 bits per heavy atom. The molecule has 1 fully saturated rings. The quantitative estimate of drug-likeness (QED) is 0.316. The fourth-order valence-corrected chi connectivity index (χ4v) is 6.18. The van der Waals surface area contributed by atoms with Crippen molar-refractivity contribution in [1.29, 1.82) is 0 Å². The van der Waals surface area contributed by atoms with Crippen molar-refractivity contribution >= 4 is 60.8 Å². The number of aromatic nitrogens is 2. The van der Waals surface area contributed by atoms with Gasteiger partial charge in [-0.1, -0.05) is 11.3 Å². The van der Waals surface area contributed by atoms with E-state index in [9.17, 15) is 23.1 Å². The highest BCUT2D eigenvalue weighted by atomic mass is 32.2. The first kappa shape index (κ1) is 26.4. The molecular weight excluding hydrogens is 520 g/mol. The average Bonchev–Trinajstić information content (AvgIpc) is 3.46. The molecule has 2 aromatic heterocycles. The van der Waals surface area contributed by atoms with Crippen LogP contribution in [0.4, 0.5) is 16.0 Å². The van der Waals surface area contributed by atoms with E-state index in [4.69, 9.17) is 10.5 Å².